The van der Waals surface area contributed by atoms with Gasteiger partial charge in [-0.1, -0.05) is 42.5 Å². The molecule has 0 aliphatic rings. The summed E-state index contributed by atoms with van der Waals surface area (Å²) in [6.45, 7) is 0.786. The minimum Gasteiger partial charge on any atom is -0.321 e. The van der Waals surface area contributed by atoms with E-state index in [1.165, 1.54) is 16.0 Å². The van der Waals surface area contributed by atoms with Gasteiger partial charge in [-0.2, -0.15) is 0 Å². The van der Waals surface area contributed by atoms with Crippen molar-refractivity contribution < 1.29 is 0 Å². The van der Waals surface area contributed by atoms with Crippen molar-refractivity contribution in [3.63, 3.8) is 0 Å². The van der Waals surface area contributed by atoms with Gasteiger partial charge < -0.3 is 5.43 Å². The lowest BCUT2D eigenvalue weighted by Gasteiger charge is -2.09. The number of para-hydroxylation sites is 1. The molecule has 3 rings (SSSR count). The molecule has 0 fully saturated rings. The van der Waals surface area contributed by atoms with E-state index in [9.17, 15) is 0 Å². The molecule has 0 radical (unpaired) electrons. The lowest BCUT2D eigenvalue weighted by molar-refractivity contribution is 0.802. The highest BCUT2D eigenvalue weighted by atomic mass is 32.1. The van der Waals surface area contributed by atoms with Gasteiger partial charge in [0.2, 0.25) is 0 Å². The fourth-order valence-electron chi connectivity index (χ4n) is 2.05. The molecule has 0 unspecified atom stereocenters. The van der Waals surface area contributed by atoms with Crippen LogP contribution in [0.5, 0.6) is 0 Å². The highest BCUT2D eigenvalue weighted by Crippen LogP contribution is 2.25. The van der Waals surface area contributed by atoms with Crippen LogP contribution < -0.4 is 10.9 Å². The summed E-state index contributed by atoms with van der Waals surface area (Å²) in [6, 6.07) is 23.0. The van der Waals surface area contributed by atoms with Crippen molar-refractivity contribution in [2.45, 2.75) is 6.54 Å². The first-order valence-electron chi connectivity index (χ1n) is 6.58. The van der Waals surface area contributed by atoms with Gasteiger partial charge in [-0.05, 0) is 40.8 Å². The SMILES string of the molecule is c1ccc(NNCc2cccc(-c3cccs3)c2)cc1. The minimum atomic E-state index is 0.786. The number of anilines is 1. The van der Waals surface area contributed by atoms with E-state index in [0.717, 1.165) is 12.2 Å². The zero-order valence-corrected chi connectivity index (χ0v) is 11.9. The summed E-state index contributed by atoms with van der Waals surface area (Å²) >= 11 is 1.77. The van der Waals surface area contributed by atoms with Gasteiger partial charge in [0.15, 0.2) is 0 Å². The first kappa shape index (κ1) is 12.9. The van der Waals surface area contributed by atoms with E-state index < -0.39 is 0 Å². The Morgan fingerprint density at radius 2 is 1.75 bits per heavy atom. The van der Waals surface area contributed by atoms with Crippen LogP contribution in [0.2, 0.25) is 0 Å². The van der Waals surface area contributed by atoms with Crippen molar-refractivity contribution in [3.8, 4) is 10.4 Å². The fourth-order valence-corrected chi connectivity index (χ4v) is 2.77. The van der Waals surface area contributed by atoms with Crippen LogP contribution in [0.4, 0.5) is 5.69 Å². The number of hydrogen-bond acceptors (Lipinski definition) is 3. The molecule has 0 saturated heterocycles. The maximum atomic E-state index is 3.24. The van der Waals surface area contributed by atoms with Gasteiger partial charge in [-0.15, -0.1) is 11.3 Å². The molecule has 1 aromatic heterocycles. The van der Waals surface area contributed by atoms with Crippen LogP contribution in [-0.4, -0.2) is 0 Å². The topological polar surface area (TPSA) is 24.1 Å². The first-order chi connectivity index (χ1) is 9.92. The van der Waals surface area contributed by atoms with Crippen molar-refractivity contribution in [2.24, 2.45) is 0 Å². The fraction of sp³-hybridized carbons (Fsp3) is 0.0588. The van der Waals surface area contributed by atoms with E-state index in [1.807, 2.05) is 30.3 Å². The van der Waals surface area contributed by atoms with Gasteiger partial charge in [-0.25, -0.2) is 5.43 Å². The van der Waals surface area contributed by atoms with Crippen LogP contribution in [-0.2, 0) is 6.54 Å². The highest BCUT2D eigenvalue weighted by molar-refractivity contribution is 7.13. The molecule has 0 atom stereocenters. The lowest BCUT2D eigenvalue weighted by Crippen LogP contribution is -2.20. The summed E-state index contributed by atoms with van der Waals surface area (Å²) in [4.78, 5) is 1.31. The summed E-state index contributed by atoms with van der Waals surface area (Å²) in [6.07, 6.45) is 0. The Hall–Kier alpha value is -2.10. The number of thiophene rings is 1. The minimum absolute atomic E-state index is 0.786. The van der Waals surface area contributed by atoms with Gasteiger partial charge in [-0.3, -0.25) is 0 Å². The van der Waals surface area contributed by atoms with Gasteiger partial charge in [0.05, 0.1) is 0 Å². The maximum Gasteiger partial charge on any atom is 0.0487 e. The molecule has 3 aromatic rings. The molecule has 0 aliphatic carbocycles. The summed E-state index contributed by atoms with van der Waals surface area (Å²) in [5.41, 5.74) is 10.1. The molecule has 0 amide bonds. The van der Waals surface area contributed by atoms with Crippen LogP contribution in [0.25, 0.3) is 10.4 Å². The third kappa shape index (κ3) is 3.26. The number of hydrogen-bond donors (Lipinski definition) is 2. The Labute approximate surface area is 123 Å². The predicted molar refractivity (Wildman–Crippen MR) is 86.7 cm³/mol. The number of benzene rings is 2. The molecular formula is C17H16N2S. The van der Waals surface area contributed by atoms with E-state index in [2.05, 4.69) is 52.6 Å². The van der Waals surface area contributed by atoms with E-state index in [0.29, 0.717) is 0 Å². The Bertz CT molecular complexity index is 648. The molecule has 2 N–H and O–H groups in total. The molecule has 0 spiro atoms. The second kappa shape index (κ2) is 6.37. The third-order valence-corrected chi connectivity index (χ3v) is 3.95. The quantitative estimate of drug-likeness (QED) is 0.671. The second-order valence-corrected chi connectivity index (χ2v) is 5.47. The Morgan fingerprint density at radius 1 is 0.850 bits per heavy atom. The number of nitrogens with one attached hydrogen (secondary N) is 2. The van der Waals surface area contributed by atoms with E-state index in [-0.39, 0.29) is 0 Å². The standard InChI is InChI=1S/C17H16N2S/c1-2-8-16(9-3-1)19-18-13-14-6-4-7-15(12-14)17-10-5-11-20-17/h1-12,18-19H,13H2. The average Bonchev–Trinajstić information content (AvgIpc) is 3.03. The third-order valence-electron chi connectivity index (χ3n) is 3.03. The smallest absolute Gasteiger partial charge is 0.0487 e. The van der Waals surface area contributed by atoms with Crippen molar-refractivity contribution in [1.29, 1.82) is 0 Å². The molecule has 1 heterocycles. The summed E-state index contributed by atoms with van der Waals surface area (Å²) in [5, 5.41) is 2.11. The summed E-state index contributed by atoms with van der Waals surface area (Å²) in [5.74, 6) is 0. The molecule has 0 bridgehead atoms. The first-order valence-corrected chi connectivity index (χ1v) is 7.46. The Balaban J connectivity index is 1.62. The van der Waals surface area contributed by atoms with Crippen molar-refractivity contribution in [1.82, 2.24) is 5.43 Å². The Kier molecular flexibility index (Phi) is 4.11. The second-order valence-electron chi connectivity index (χ2n) is 4.52. The molecule has 3 heteroatoms. The highest BCUT2D eigenvalue weighted by Gasteiger charge is 2.00. The molecule has 20 heavy (non-hydrogen) atoms. The van der Waals surface area contributed by atoms with Gasteiger partial charge in [0.25, 0.3) is 0 Å². The van der Waals surface area contributed by atoms with Crippen molar-refractivity contribution in [3.05, 3.63) is 77.7 Å². The largest absolute Gasteiger partial charge is 0.321 e. The van der Waals surface area contributed by atoms with Crippen molar-refractivity contribution >= 4 is 17.0 Å². The van der Waals surface area contributed by atoms with Crippen molar-refractivity contribution in [2.75, 3.05) is 5.43 Å². The van der Waals surface area contributed by atoms with Crippen LogP contribution in [0.1, 0.15) is 5.56 Å². The molecule has 2 aromatic carbocycles. The molecule has 2 nitrogen and oxygen atoms in total. The summed E-state index contributed by atoms with van der Waals surface area (Å²) < 4.78 is 0. The maximum absolute atomic E-state index is 3.24. The van der Waals surface area contributed by atoms with Gasteiger partial charge in [0, 0.05) is 17.1 Å². The van der Waals surface area contributed by atoms with E-state index in [4.69, 9.17) is 0 Å². The van der Waals surface area contributed by atoms with Crippen LogP contribution in [0.15, 0.2) is 72.1 Å². The molecule has 0 aliphatic heterocycles. The molecule has 100 valence electrons. The predicted octanol–water partition coefficient (Wildman–Crippen LogP) is 4.53. The van der Waals surface area contributed by atoms with Crippen LogP contribution >= 0.6 is 11.3 Å². The average molecular weight is 280 g/mol. The zero-order chi connectivity index (χ0) is 13.6. The van der Waals surface area contributed by atoms with E-state index in [1.54, 1.807) is 11.3 Å². The zero-order valence-electron chi connectivity index (χ0n) is 11.0. The van der Waals surface area contributed by atoms with Crippen LogP contribution in [0.3, 0.4) is 0 Å². The normalized spacial score (nSPS) is 10.4. The number of hydrazine groups is 1. The molecular weight excluding hydrogens is 264 g/mol. The Morgan fingerprint density at radius 3 is 2.55 bits per heavy atom. The number of rotatable bonds is 5. The summed E-state index contributed by atoms with van der Waals surface area (Å²) in [7, 11) is 0. The van der Waals surface area contributed by atoms with E-state index >= 15 is 0 Å². The van der Waals surface area contributed by atoms with Crippen LogP contribution in [0, 0.1) is 0 Å². The lowest BCUT2D eigenvalue weighted by atomic mass is 10.1. The van der Waals surface area contributed by atoms with Gasteiger partial charge >= 0.3 is 0 Å². The monoisotopic (exact) mass is 280 g/mol. The molecule has 0 saturated carbocycles. The van der Waals surface area contributed by atoms with Gasteiger partial charge in [0.1, 0.15) is 0 Å².